The van der Waals surface area contributed by atoms with E-state index in [4.69, 9.17) is 4.55 Å². The largest absolute Gasteiger partial charge is 0.412 e. The Kier molecular flexibility index (Phi) is 21.2. The minimum atomic E-state index is -3.67. The fourth-order valence-corrected chi connectivity index (χ4v) is 0. The van der Waals surface area contributed by atoms with Crippen LogP contribution in [0.1, 0.15) is 0 Å². The average Bonchev–Trinajstić information content (AvgIpc) is 0.722. The molecule has 0 amide bonds. The highest BCUT2D eigenvalue weighted by atomic mass is 32.2. The van der Waals surface area contributed by atoms with Crippen molar-refractivity contribution in [3.8, 4) is 0 Å². The molecule has 8 heavy (non-hydrogen) atoms. The Bertz CT molecular complexity index is 91.7. The molecule has 7 N–H and O–H groups in total. The monoisotopic (exact) mass is 150 g/mol. The van der Waals surface area contributed by atoms with Gasteiger partial charge < -0.3 is 16.4 Å². The molecule has 0 atom stereocenters. The van der Waals surface area contributed by atoms with Gasteiger partial charge in [-0.05, 0) is 0 Å². The van der Waals surface area contributed by atoms with Crippen molar-refractivity contribution in [1.82, 2.24) is 0 Å². The Morgan fingerprint density at radius 2 is 1.12 bits per heavy atom. The lowest BCUT2D eigenvalue weighted by molar-refractivity contribution is 0.490. The third-order valence-electron chi connectivity index (χ3n) is 0. The van der Waals surface area contributed by atoms with Crippen LogP contribution >= 0.6 is 0 Å². The SMILES string of the molecule is CS(=O)(=O)O.O.O.O. The predicted octanol–water partition coefficient (Wildman–Crippen LogP) is -2.97. The molecule has 0 spiro atoms. The molecular weight excluding hydrogens is 140 g/mol. The summed E-state index contributed by atoms with van der Waals surface area (Å²) in [4.78, 5) is 0. The van der Waals surface area contributed by atoms with E-state index in [1.54, 1.807) is 0 Å². The lowest BCUT2D eigenvalue weighted by atomic mass is 12.0. The van der Waals surface area contributed by atoms with Crippen LogP contribution in [0.4, 0.5) is 0 Å². The molecule has 0 rings (SSSR count). The van der Waals surface area contributed by atoms with Gasteiger partial charge in [0.15, 0.2) is 0 Å². The van der Waals surface area contributed by atoms with Gasteiger partial charge in [0.05, 0.1) is 6.26 Å². The molecular formula is CH10O6S. The molecule has 56 valence electrons. The molecule has 7 heteroatoms. The molecule has 0 aromatic rings. The van der Waals surface area contributed by atoms with E-state index in [0.717, 1.165) is 0 Å². The summed E-state index contributed by atoms with van der Waals surface area (Å²) >= 11 is 0. The molecule has 0 aliphatic carbocycles. The third kappa shape index (κ3) is 3010. The molecule has 0 saturated heterocycles. The van der Waals surface area contributed by atoms with E-state index in [0.29, 0.717) is 6.26 Å². The Balaban J connectivity index is -0.0000000267. The van der Waals surface area contributed by atoms with Crippen molar-refractivity contribution in [2.24, 2.45) is 0 Å². The summed E-state index contributed by atoms with van der Waals surface area (Å²) < 4.78 is 25.9. The summed E-state index contributed by atoms with van der Waals surface area (Å²) in [6, 6.07) is 0. The quantitative estimate of drug-likeness (QED) is 0.367. The second-order valence-corrected chi connectivity index (χ2v) is 2.20. The van der Waals surface area contributed by atoms with E-state index in [9.17, 15) is 8.42 Å². The lowest BCUT2D eigenvalue weighted by Crippen LogP contribution is -1.88. The first kappa shape index (κ1) is 25.0. The van der Waals surface area contributed by atoms with E-state index in [-0.39, 0.29) is 16.4 Å². The highest BCUT2D eigenvalue weighted by Crippen LogP contribution is 1.60. The maximum Gasteiger partial charge on any atom is 0.261 e. The first-order valence-corrected chi connectivity index (χ1v) is 2.77. The molecule has 0 saturated carbocycles. The van der Waals surface area contributed by atoms with Crippen molar-refractivity contribution in [3.05, 3.63) is 0 Å². The fraction of sp³-hybridized carbons (Fsp3) is 1.00. The van der Waals surface area contributed by atoms with Crippen molar-refractivity contribution < 1.29 is 29.4 Å². The number of rotatable bonds is 0. The van der Waals surface area contributed by atoms with Gasteiger partial charge in [0.1, 0.15) is 0 Å². The highest BCUT2D eigenvalue weighted by molar-refractivity contribution is 7.85. The van der Waals surface area contributed by atoms with Gasteiger partial charge in [-0.25, -0.2) is 0 Å². The highest BCUT2D eigenvalue weighted by Gasteiger charge is 1.81. The van der Waals surface area contributed by atoms with Gasteiger partial charge in [0.25, 0.3) is 10.1 Å². The normalized spacial score (nSPS) is 7.25. The molecule has 0 aromatic heterocycles. The zero-order valence-electron chi connectivity index (χ0n) is 4.17. The summed E-state index contributed by atoms with van der Waals surface area (Å²) in [5.74, 6) is 0. The second kappa shape index (κ2) is 6.79. The number of hydrogen-bond acceptors (Lipinski definition) is 2. The maximum atomic E-state index is 9.19. The standard InChI is InChI=1S/CH4O3S.3H2O/c1-5(2,3)4;;;/h1H3,(H,2,3,4);3*1H2. The third-order valence-corrected chi connectivity index (χ3v) is 0. The van der Waals surface area contributed by atoms with Gasteiger partial charge in [0.2, 0.25) is 0 Å². The van der Waals surface area contributed by atoms with Crippen LogP contribution in [0.25, 0.3) is 0 Å². The number of hydrogen-bond donors (Lipinski definition) is 1. The Morgan fingerprint density at radius 1 is 1.12 bits per heavy atom. The van der Waals surface area contributed by atoms with Crippen molar-refractivity contribution in [2.45, 2.75) is 0 Å². The van der Waals surface area contributed by atoms with Crippen LogP contribution in [0.3, 0.4) is 0 Å². The zero-order chi connectivity index (χ0) is 4.50. The molecule has 0 heterocycles. The molecule has 6 nitrogen and oxygen atoms in total. The van der Waals surface area contributed by atoms with Crippen LogP contribution in [0.5, 0.6) is 0 Å². The van der Waals surface area contributed by atoms with Gasteiger partial charge in [-0.1, -0.05) is 0 Å². The predicted molar refractivity (Wildman–Crippen MR) is 28.3 cm³/mol. The summed E-state index contributed by atoms with van der Waals surface area (Å²) in [6.45, 7) is 0. The van der Waals surface area contributed by atoms with Crippen LogP contribution in [-0.2, 0) is 10.1 Å². The van der Waals surface area contributed by atoms with Gasteiger partial charge in [-0.15, -0.1) is 0 Å². The van der Waals surface area contributed by atoms with E-state index in [1.165, 1.54) is 0 Å². The Hall–Kier alpha value is -0.210. The summed E-state index contributed by atoms with van der Waals surface area (Å²) in [7, 11) is -3.67. The smallest absolute Gasteiger partial charge is 0.261 e. The molecule has 0 aliphatic heterocycles. The minimum Gasteiger partial charge on any atom is -0.412 e. The van der Waals surface area contributed by atoms with E-state index in [2.05, 4.69) is 0 Å². The van der Waals surface area contributed by atoms with Crippen LogP contribution < -0.4 is 0 Å². The zero-order valence-corrected chi connectivity index (χ0v) is 4.99. The topological polar surface area (TPSA) is 149 Å². The summed E-state index contributed by atoms with van der Waals surface area (Å²) in [5, 5.41) is 0. The Morgan fingerprint density at radius 3 is 1.12 bits per heavy atom. The molecule has 0 bridgehead atoms. The van der Waals surface area contributed by atoms with Gasteiger partial charge in [-0.2, -0.15) is 8.42 Å². The van der Waals surface area contributed by atoms with Crippen LogP contribution in [-0.4, -0.2) is 35.7 Å². The van der Waals surface area contributed by atoms with Crippen molar-refractivity contribution in [1.29, 1.82) is 0 Å². The maximum absolute atomic E-state index is 9.19. The minimum absolute atomic E-state index is 0. The van der Waals surface area contributed by atoms with E-state index in [1.807, 2.05) is 0 Å². The van der Waals surface area contributed by atoms with Crippen molar-refractivity contribution in [3.63, 3.8) is 0 Å². The van der Waals surface area contributed by atoms with Crippen LogP contribution in [0, 0.1) is 0 Å². The molecule has 0 aromatic carbocycles. The van der Waals surface area contributed by atoms with E-state index >= 15 is 0 Å². The van der Waals surface area contributed by atoms with Gasteiger partial charge in [0, 0.05) is 0 Å². The van der Waals surface area contributed by atoms with Crippen molar-refractivity contribution >= 4 is 10.1 Å². The fourth-order valence-electron chi connectivity index (χ4n) is 0. The van der Waals surface area contributed by atoms with Gasteiger partial charge in [-0.3, -0.25) is 4.55 Å². The lowest BCUT2D eigenvalue weighted by Gasteiger charge is -1.69. The van der Waals surface area contributed by atoms with Gasteiger partial charge >= 0.3 is 0 Å². The van der Waals surface area contributed by atoms with E-state index < -0.39 is 10.1 Å². The molecule has 0 radical (unpaired) electrons. The second-order valence-electron chi connectivity index (χ2n) is 0.733. The van der Waals surface area contributed by atoms with Crippen LogP contribution in [0.15, 0.2) is 0 Å². The van der Waals surface area contributed by atoms with Crippen molar-refractivity contribution in [2.75, 3.05) is 6.26 Å². The Labute approximate surface area is 46.8 Å². The average molecular weight is 150 g/mol. The molecule has 0 aliphatic rings. The first-order chi connectivity index (χ1) is 2.00. The van der Waals surface area contributed by atoms with Crippen LogP contribution in [0.2, 0.25) is 0 Å². The summed E-state index contributed by atoms with van der Waals surface area (Å²) in [6.07, 6.45) is 0.715. The summed E-state index contributed by atoms with van der Waals surface area (Å²) in [5.41, 5.74) is 0. The first-order valence-electron chi connectivity index (χ1n) is 0.924. The molecule has 0 fully saturated rings. The molecule has 0 unspecified atom stereocenters.